The van der Waals surface area contributed by atoms with Gasteiger partial charge in [-0.1, -0.05) is 36.4 Å². The van der Waals surface area contributed by atoms with Gasteiger partial charge in [-0.15, -0.1) is 0 Å². The molecule has 1 heterocycles. The molecular weight excluding hydrogens is 391 g/mol. The number of allylic oxidation sites excluding steroid dienone is 1. The minimum absolute atomic E-state index is 0.132. The Morgan fingerprint density at radius 2 is 1.86 bits per heavy atom. The van der Waals surface area contributed by atoms with E-state index in [-0.39, 0.29) is 12.1 Å². The summed E-state index contributed by atoms with van der Waals surface area (Å²) < 4.78 is 21.2. The standard InChI is InChI=1S/C23H22ClFN2O2/c1-16(2)26-11-12-29-21-8-4-17(5-9-21)18-6-10-23(28)27(14-18)15-19-3-7-20(24)13-22(19)25/h3-10,13-14,26H,1,11-12,15H2,2H3. The first kappa shape index (κ1) is 20.7. The van der Waals surface area contributed by atoms with Crippen LogP contribution >= 0.6 is 11.6 Å². The van der Waals surface area contributed by atoms with Crippen LogP contribution in [0, 0.1) is 5.82 Å². The van der Waals surface area contributed by atoms with E-state index in [0.29, 0.717) is 23.7 Å². The zero-order valence-corrected chi connectivity index (χ0v) is 16.9. The first-order valence-electron chi connectivity index (χ1n) is 9.19. The largest absolute Gasteiger partial charge is 0.492 e. The van der Waals surface area contributed by atoms with E-state index in [4.69, 9.17) is 16.3 Å². The lowest BCUT2D eigenvalue weighted by atomic mass is 10.1. The number of nitrogens with zero attached hydrogens (tertiary/aromatic N) is 1. The summed E-state index contributed by atoms with van der Waals surface area (Å²) >= 11 is 5.80. The summed E-state index contributed by atoms with van der Waals surface area (Å²) in [5.41, 5.74) is 2.89. The fourth-order valence-corrected chi connectivity index (χ4v) is 2.99. The van der Waals surface area contributed by atoms with Gasteiger partial charge in [0, 0.05) is 35.1 Å². The molecule has 0 unspecified atom stereocenters. The molecule has 3 rings (SSSR count). The van der Waals surface area contributed by atoms with Crippen molar-refractivity contribution in [3.05, 3.63) is 99.8 Å². The zero-order chi connectivity index (χ0) is 20.8. The molecule has 29 heavy (non-hydrogen) atoms. The Hall–Kier alpha value is -3.05. The van der Waals surface area contributed by atoms with Gasteiger partial charge in [0.25, 0.3) is 5.56 Å². The average molecular weight is 413 g/mol. The van der Waals surface area contributed by atoms with Gasteiger partial charge in [0.05, 0.1) is 6.54 Å². The van der Waals surface area contributed by atoms with Crippen molar-refractivity contribution in [2.24, 2.45) is 0 Å². The molecule has 0 aliphatic rings. The summed E-state index contributed by atoms with van der Waals surface area (Å²) in [6.07, 6.45) is 1.73. The van der Waals surface area contributed by atoms with Crippen LogP contribution in [0.2, 0.25) is 5.02 Å². The Bertz CT molecular complexity index is 1060. The van der Waals surface area contributed by atoms with Crippen molar-refractivity contribution in [2.75, 3.05) is 13.2 Å². The molecule has 3 aromatic rings. The summed E-state index contributed by atoms with van der Waals surface area (Å²) in [5.74, 6) is 0.325. The number of benzene rings is 2. The van der Waals surface area contributed by atoms with Crippen LogP contribution in [0.5, 0.6) is 5.75 Å². The molecule has 6 heteroatoms. The van der Waals surface area contributed by atoms with Crippen LogP contribution in [-0.2, 0) is 6.54 Å². The summed E-state index contributed by atoms with van der Waals surface area (Å²) in [6.45, 7) is 7.02. The monoisotopic (exact) mass is 412 g/mol. The van der Waals surface area contributed by atoms with E-state index in [2.05, 4.69) is 11.9 Å². The van der Waals surface area contributed by atoms with Crippen molar-refractivity contribution < 1.29 is 9.13 Å². The Morgan fingerprint density at radius 1 is 1.14 bits per heavy atom. The third-order valence-corrected chi connectivity index (χ3v) is 4.56. The van der Waals surface area contributed by atoms with Crippen LogP contribution < -0.4 is 15.6 Å². The maximum absolute atomic E-state index is 14.1. The van der Waals surface area contributed by atoms with Crippen molar-refractivity contribution in [3.8, 4) is 16.9 Å². The lowest BCUT2D eigenvalue weighted by molar-refractivity contribution is 0.319. The molecule has 0 aliphatic carbocycles. The second-order valence-electron chi connectivity index (χ2n) is 6.70. The van der Waals surface area contributed by atoms with E-state index in [0.717, 1.165) is 22.6 Å². The molecule has 0 atom stereocenters. The number of halogens is 2. The number of hydrogen-bond acceptors (Lipinski definition) is 3. The SMILES string of the molecule is C=C(C)NCCOc1ccc(-c2ccc(=O)n(Cc3ccc(Cl)cc3F)c2)cc1. The number of ether oxygens (including phenoxy) is 1. The fraction of sp³-hybridized carbons (Fsp3) is 0.174. The summed E-state index contributed by atoms with van der Waals surface area (Å²) in [5, 5.41) is 3.43. The molecule has 0 aliphatic heterocycles. The van der Waals surface area contributed by atoms with Crippen molar-refractivity contribution in [3.63, 3.8) is 0 Å². The minimum atomic E-state index is -0.433. The highest BCUT2D eigenvalue weighted by atomic mass is 35.5. The first-order valence-corrected chi connectivity index (χ1v) is 9.57. The van der Waals surface area contributed by atoms with Crippen LogP contribution in [0.1, 0.15) is 12.5 Å². The average Bonchev–Trinajstić information content (AvgIpc) is 2.69. The van der Waals surface area contributed by atoms with Gasteiger partial charge in [0.15, 0.2) is 0 Å². The van der Waals surface area contributed by atoms with E-state index in [1.165, 1.54) is 16.7 Å². The molecule has 1 aromatic heterocycles. The van der Waals surface area contributed by atoms with E-state index in [9.17, 15) is 9.18 Å². The van der Waals surface area contributed by atoms with Crippen LogP contribution in [0.4, 0.5) is 4.39 Å². The Labute approximate surface area is 174 Å². The second kappa shape index (κ2) is 9.43. The predicted octanol–water partition coefficient (Wildman–Crippen LogP) is 4.86. The highest BCUT2D eigenvalue weighted by Gasteiger charge is 2.07. The van der Waals surface area contributed by atoms with E-state index in [1.807, 2.05) is 31.2 Å². The number of aromatic nitrogens is 1. The van der Waals surface area contributed by atoms with Crippen LogP contribution in [0.25, 0.3) is 11.1 Å². The number of rotatable bonds is 8. The second-order valence-corrected chi connectivity index (χ2v) is 7.14. The van der Waals surface area contributed by atoms with Crippen LogP contribution in [0.15, 0.2) is 77.9 Å². The third kappa shape index (κ3) is 5.72. The summed E-state index contributed by atoms with van der Waals surface area (Å²) in [7, 11) is 0. The molecule has 0 saturated heterocycles. The van der Waals surface area contributed by atoms with Crippen molar-refractivity contribution in [1.29, 1.82) is 0 Å². The molecule has 0 amide bonds. The quantitative estimate of drug-likeness (QED) is 0.537. The highest BCUT2D eigenvalue weighted by molar-refractivity contribution is 6.30. The van der Waals surface area contributed by atoms with Gasteiger partial charge in [-0.05, 0) is 48.4 Å². The summed E-state index contributed by atoms with van der Waals surface area (Å²) in [4.78, 5) is 12.2. The topological polar surface area (TPSA) is 43.3 Å². The molecule has 1 N–H and O–H groups in total. The van der Waals surface area contributed by atoms with Gasteiger partial charge < -0.3 is 14.6 Å². The van der Waals surface area contributed by atoms with Gasteiger partial charge in [0.1, 0.15) is 18.2 Å². The minimum Gasteiger partial charge on any atom is -0.492 e. The highest BCUT2D eigenvalue weighted by Crippen LogP contribution is 2.22. The van der Waals surface area contributed by atoms with Crippen LogP contribution in [0.3, 0.4) is 0 Å². The van der Waals surface area contributed by atoms with E-state index in [1.54, 1.807) is 24.4 Å². The summed E-state index contributed by atoms with van der Waals surface area (Å²) in [6, 6.07) is 15.3. The fourth-order valence-electron chi connectivity index (χ4n) is 2.84. The van der Waals surface area contributed by atoms with Gasteiger partial charge in [-0.25, -0.2) is 4.39 Å². The maximum Gasteiger partial charge on any atom is 0.250 e. The zero-order valence-electron chi connectivity index (χ0n) is 16.1. The number of hydrogen-bond donors (Lipinski definition) is 1. The molecule has 0 saturated carbocycles. The molecule has 2 aromatic carbocycles. The molecule has 0 bridgehead atoms. The molecule has 0 fully saturated rings. The van der Waals surface area contributed by atoms with Crippen molar-refractivity contribution >= 4 is 11.6 Å². The Balaban J connectivity index is 1.73. The van der Waals surface area contributed by atoms with Crippen LogP contribution in [-0.4, -0.2) is 17.7 Å². The smallest absolute Gasteiger partial charge is 0.250 e. The number of nitrogens with one attached hydrogen (secondary N) is 1. The normalized spacial score (nSPS) is 10.6. The van der Waals surface area contributed by atoms with Gasteiger partial charge in [0.2, 0.25) is 0 Å². The lowest BCUT2D eigenvalue weighted by Crippen LogP contribution is -2.19. The maximum atomic E-state index is 14.1. The molecular formula is C23H22ClFN2O2. The van der Waals surface area contributed by atoms with Crippen molar-refractivity contribution in [2.45, 2.75) is 13.5 Å². The third-order valence-electron chi connectivity index (χ3n) is 4.32. The van der Waals surface area contributed by atoms with Gasteiger partial charge in [-0.3, -0.25) is 4.79 Å². The van der Waals surface area contributed by atoms with E-state index < -0.39 is 5.82 Å². The van der Waals surface area contributed by atoms with Crippen molar-refractivity contribution in [1.82, 2.24) is 9.88 Å². The van der Waals surface area contributed by atoms with Gasteiger partial charge in [-0.2, -0.15) is 0 Å². The van der Waals surface area contributed by atoms with Gasteiger partial charge >= 0.3 is 0 Å². The predicted molar refractivity (Wildman–Crippen MR) is 115 cm³/mol. The first-order chi connectivity index (χ1) is 13.9. The molecule has 150 valence electrons. The molecule has 4 nitrogen and oxygen atoms in total. The molecule has 0 spiro atoms. The van der Waals surface area contributed by atoms with E-state index >= 15 is 0 Å². The number of pyridine rings is 1. The Kier molecular flexibility index (Phi) is 6.73. The Morgan fingerprint density at radius 3 is 2.55 bits per heavy atom. The molecule has 0 radical (unpaired) electrons. The lowest BCUT2D eigenvalue weighted by Gasteiger charge is -2.11.